The SMILES string of the molecule is CC(C)[C@H](N)C(=O)N[C@@H](C(=O)NC[C@H](O)CC(C1CCCCC1)[P+](=O)O)C(C)C. The largest absolute Gasteiger partial charge is 0.509 e. The fourth-order valence-electron chi connectivity index (χ4n) is 3.76. The quantitative estimate of drug-likeness (QED) is 0.314. The number of hydrogen-bond donors (Lipinski definition) is 5. The molecule has 1 saturated carbocycles. The number of nitrogens with two attached hydrogens (primary N) is 1. The van der Waals surface area contributed by atoms with E-state index in [0.717, 1.165) is 32.1 Å². The van der Waals surface area contributed by atoms with E-state index in [-0.39, 0.29) is 36.6 Å². The smallest absolute Gasteiger partial charge is 0.391 e. The molecule has 0 aromatic heterocycles. The van der Waals surface area contributed by atoms with Gasteiger partial charge in [0.2, 0.25) is 11.8 Å². The molecule has 1 aliphatic carbocycles. The van der Waals surface area contributed by atoms with Crippen molar-refractivity contribution in [3.05, 3.63) is 0 Å². The molecule has 0 aromatic carbocycles. The van der Waals surface area contributed by atoms with Crippen LogP contribution in [0.5, 0.6) is 0 Å². The summed E-state index contributed by atoms with van der Waals surface area (Å²) in [5.41, 5.74) is 5.39. The summed E-state index contributed by atoms with van der Waals surface area (Å²) in [6, 6.07) is -1.46. The van der Waals surface area contributed by atoms with E-state index in [4.69, 9.17) is 5.73 Å². The van der Waals surface area contributed by atoms with Crippen LogP contribution in [0.15, 0.2) is 0 Å². The van der Waals surface area contributed by atoms with Gasteiger partial charge in [0.1, 0.15) is 6.04 Å². The van der Waals surface area contributed by atoms with Crippen molar-refractivity contribution in [3.63, 3.8) is 0 Å². The van der Waals surface area contributed by atoms with Crippen molar-refractivity contribution in [2.75, 3.05) is 6.54 Å². The summed E-state index contributed by atoms with van der Waals surface area (Å²) < 4.78 is 11.8. The molecule has 9 heteroatoms. The van der Waals surface area contributed by atoms with E-state index >= 15 is 0 Å². The molecule has 6 N–H and O–H groups in total. The van der Waals surface area contributed by atoms with Crippen LogP contribution in [0.2, 0.25) is 0 Å². The lowest BCUT2D eigenvalue weighted by atomic mass is 9.85. The second kappa shape index (κ2) is 12.6. The average molecular weight is 433 g/mol. The van der Waals surface area contributed by atoms with Crippen LogP contribution in [-0.4, -0.2) is 52.2 Å². The minimum absolute atomic E-state index is 0.0272. The monoisotopic (exact) mass is 432 g/mol. The topological polar surface area (TPSA) is 142 Å². The standard InChI is InChI=1S/C20H38N3O5P/c1-12(2)17(21)19(25)23-18(13(3)4)20(26)22-11-15(24)10-16(29(27)28)14-8-6-5-7-9-14/h12-18,24H,5-11,21H2,1-4H3,(H2-,22,23,25,26,27,28)/p+1/t15-,16?,17+,18-/m1/s1. The summed E-state index contributed by atoms with van der Waals surface area (Å²) in [5.74, 6) is -0.847. The van der Waals surface area contributed by atoms with E-state index in [9.17, 15) is 24.2 Å². The number of nitrogens with one attached hydrogen (secondary N) is 2. The Morgan fingerprint density at radius 1 is 1.07 bits per heavy atom. The summed E-state index contributed by atoms with van der Waals surface area (Å²) in [4.78, 5) is 34.5. The Balaban J connectivity index is 2.59. The molecule has 0 radical (unpaired) electrons. The van der Waals surface area contributed by atoms with Crippen LogP contribution in [0, 0.1) is 17.8 Å². The Morgan fingerprint density at radius 2 is 1.66 bits per heavy atom. The molecule has 0 spiro atoms. The minimum atomic E-state index is -2.39. The van der Waals surface area contributed by atoms with Crippen LogP contribution in [0.4, 0.5) is 0 Å². The number of amides is 2. The van der Waals surface area contributed by atoms with Crippen LogP contribution < -0.4 is 16.4 Å². The Morgan fingerprint density at radius 3 is 2.14 bits per heavy atom. The van der Waals surface area contributed by atoms with Gasteiger partial charge in [-0.1, -0.05) is 47.0 Å². The number of carbonyl (C=O) groups is 2. The summed E-state index contributed by atoms with van der Waals surface area (Å²) >= 11 is 0. The highest BCUT2D eigenvalue weighted by atomic mass is 31.1. The number of aliphatic hydroxyl groups excluding tert-OH is 1. The molecule has 0 aliphatic heterocycles. The molecule has 2 amide bonds. The third-order valence-corrected chi connectivity index (χ3v) is 6.97. The van der Waals surface area contributed by atoms with Gasteiger partial charge < -0.3 is 21.5 Å². The van der Waals surface area contributed by atoms with Crippen molar-refractivity contribution in [1.82, 2.24) is 10.6 Å². The highest BCUT2D eigenvalue weighted by Crippen LogP contribution is 2.40. The van der Waals surface area contributed by atoms with Crippen molar-refractivity contribution in [2.24, 2.45) is 23.5 Å². The zero-order valence-corrected chi connectivity index (χ0v) is 19.0. The Bertz CT molecular complexity index is 552. The second-order valence-electron chi connectivity index (χ2n) is 8.90. The zero-order valence-electron chi connectivity index (χ0n) is 18.1. The minimum Gasteiger partial charge on any atom is -0.391 e. The third-order valence-electron chi connectivity index (χ3n) is 5.77. The molecule has 2 unspecified atom stereocenters. The normalized spacial score (nSPS) is 20.1. The molecular weight excluding hydrogens is 393 g/mol. The molecule has 0 aromatic rings. The van der Waals surface area contributed by atoms with Crippen LogP contribution >= 0.6 is 8.03 Å². The predicted molar refractivity (Wildman–Crippen MR) is 113 cm³/mol. The summed E-state index contributed by atoms with van der Waals surface area (Å²) in [6.45, 7) is 7.27. The van der Waals surface area contributed by atoms with Crippen LogP contribution in [0.3, 0.4) is 0 Å². The van der Waals surface area contributed by atoms with Crippen LogP contribution in [-0.2, 0) is 14.2 Å². The number of hydrogen-bond acceptors (Lipinski definition) is 5. The molecule has 1 rings (SSSR count). The number of rotatable bonds is 11. The molecule has 168 valence electrons. The first kappa shape index (κ1) is 26.0. The maximum absolute atomic E-state index is 12.6. The van der Waals surface area contributed by atoms with Gasteiger partial charge in [-0.05, 0) is 29.2 Å². The highest BCUT2D eigenvalue weighted by molar-refractivity contribution is 7.38. The predicted octanol–water partition coefficient (Wildman–Crippen LogP) is 1.66. The molecule has 1 fully saturated rings. The lowest BCUT2D eigenvalue weighted by Crippen LogP contribution is -2.55. The molecule has 1 aliphatic rings. The zero-order chi connectivity index (χ0) is 22.1. The molecule has 0 bridgehead atoms. The van der Waals surface area contributed by atoms with E-state index in [1.54, 1.807) is 0 Å². The maximum atomic E-state index is 12.6. The Labute approximate surface area is 175 Å². The summed E-state index contributed by atoms with van der Waals surface area (Å²) in [7, 11) is -2.39. The fourth-order valence-corrected chi connectivity index (χ4v) is 4.84. The van der Waals surface area contributed by atoms with Crippen molar-refractivity contribution >= 4 is 19.8 Å². The fraction of sp³-hybridized carbons (Fsp3) is 0.900. The highest BCUT2D eigenvalue weighted by Gasteiger charge is 2.39. The van der Waals surface area contributed by atoms with Crippen LogP contribution in [0.25, 0.3) is 0 Å². The first-order valence-electron chi connectivity index (χ1n) is 10.7. The third kappa shape index (κ3) is 8.67. The molecule has 8 nitrogen and oxygen atoms in total. The second-order valence-corrected chi connectivity index (χ2v) is 10.2. The van der Waals surface area contributed by atoms with Gasteiger partial charge in [0, 0.05) is 18.9 Å². The van der Waals surface area contributed by atoms with Crippen molar-refractivity contribution in [3.8, 4) is 0 Å². The first-order chi connectivity index (χ1) is 13.5. The van der Waals surface area contributed by atoms with Crippen molar-refractivity contribution in [2.45, 2.75) is 90.1 Å². The van der Waals surface area contributed by atoms with Gasteiger partial charge in [-0.3, -0.25) is 9.59 Å². The number of aliphatic hydroxyl groups is 1. The molecule has 5 atom stereocenters. The van der Waals surface area contributed by atoms with Gasteiger partial charge in [0.25, 0.3) is 0 Å². The van der Waals surface area contributed by atoms with Gasteiger partial charge in [-0.25, -0.2) is 0 Å². The molecule has 0 heterocycles. The van der Waals surface area contributed by atoms with Gasteiger partial charge in [-0.15, -0.1) is 0 Å². The van der Waals surface area contributed by atoms with Gasteiger partial charge >= 0.3 is 8.03 Å². The van der Waals surface area contributed by atoms with Crippen molar-refractivity contribution in [1.29, 1.82) is 0 Å². The lowest BCUT2D eigenvalue weighted by Gasteiger charge is -2.26. The van der Waals surface area contributed by atoms with Gasteiger partial charge in [0.15, 0.2) is 5.66 Å². The first-order valence-corrected chi connectivity index (χ1v) is 12.0. The Kier molecular flexibility index (Phi) is 11.3. The molecular formula is C20H39N3O5P+. The van der Waals surface area contributed by atoms with E-state index in [2.05, 4.69) is 10.6 Å². The van der Waals surface area contributed by atoms with Crippen LogP contribution in [0.1, 0.15) is 66.2 Å². The Hall–Kier alpha value is -1.08. The van der Waals surface area contributed by atoms with E-state index in [1.807, 2.05) is 27.7 Å². The van der Waals surface area contributed by atoms with Crippen molar-refractivity contribution < 1.29 is 24.2 Å². The van der Waals surface area contributed by atoms with Gasteiger partial charge in [0.05, 0.1) is 12.1 Å². The molecule has 0 saturated heterocycles. The lowest BCUT2D eigenvalue weighted by molar-refractivity contribution is -0.131. The van der Waals surface area contributed by atoms with E-state index in [0.29, 0.717) is 0 Å². The molecule has 29 heavy (non-hydrogen) atoms. The van der Waals surface area contributed by atoms with Gasteiger partial charge in [-0.2, -0.15) is 4.89 Å². The number of carbonyl (C=O) groups excluding carboxylic acids is 2. The summed E-state index contributed by atoms with van der Waals surface area (Å²) in [6.07, 6.45) is 4.31. The average Bonchev–Trinajstić information content (AvgIpc) is 2.67. The summed E-state index contributed by atoms with van der Waals surface area (Å²) in [5, 5.41) is 15.7. The van der Waals surface area contributed by atoms with E-state index in [1.165, 1.54) is 0 Å². The van der Waals surface area contributed by atoms with E-state index < -0.39 is 37.8 Å². The maximum Gasteiger partial charge on any atom is 0.509 e.